The second kappa shape index (κ2) is 38.3. The van der Waals surface area contributed by atoms with Crippen LogP contribution >= 0.6 is 15.9 Å². The number of nitrogens with one attached hydrogen (secondary N) is 1. The monoisotopic (exact) mass is 730 g/mol. The molecule has 0 spiro atoms. The summed E-state index contributed by atoms with van der Waals surface area (Å²) in [6.45, 7) is 8.45. The summed E-state index contributed by atoms with van der Waals surface area (Å²) in [4.78, 5) is 26.9. The number of hydrogen-bond acceptors (Lipinski definition) is 6. The van der Waals surface area contributed by atoms with Gasteiger partial charge in [0.05, 0.1) is 6.54 Å². The molecule has 0 aromatic carbocycles. The molecule has 0 saturated carbocycles. The van der Waals surface area contributed by atoms with E-state index in [4.69, 9.17) is 10.5 Å². The second-order valence-electron chi connectivity index (χ2n) is 14.1. The summed E-state index contributed by atoms with van der Waals surface area (Å²) in [5.41, 5.74) is 5.61. The van der Waals surface area contributed by atoms with Crippen LogP contribution in [-0.4, -0.2) is 60.9 Å². The van der Waals surface area contributed by atoms with Gasteiger partial charge in [0.1, 0.15) is 4.83 Å². The number of nitrogens with two attached hydrogens (primary N) is 1. The molecule has 0 rings (SSSR count). The van der Waals surface area contributed by atoms with E-state index in [1.165, 1.54) is 161 Å². The third-order valence-electron chi connectivity index (χ3n) is 9.39. The smallest absolute Gasteiger partial charge is 0.327 e. The zero-order valence-electron chi connectivity index (χ0n) is 31.5. The van der Waals surface area contributed by atoms with Gasteiger partial charge in [0, 0.05) is 26.2 Å². The Bertz CT molecular complexity index is 667. The molecule has 0 aromatic rings. The number of nitrogens with zero attached hydrogens (tertiary/aromatic N) is 1. The van der Waals surface area contributed by atoms with Gasteiger partial charge in [-0.25, -0.2) is 0 Å². The largest absolute Gasteiger partial charge is 0.391 e. The van der Waals surface area contributed by atoms with Crippen LogP contribution in [0.5, 0.6) is 0 Å². The van der Waals surface area contributed by atoms with Crippen molar-refractivity contribution in [2.24, 2.45) is 5.73 Å². The minimum absolute atomic E-state index is 0.160. The Labute approximate surface area is 301 Å². The van der Waals surface area contributed by atoms with Crippen molar-refractivity contribution in [1.29, 1.82) is 0 Å². The van der Waals surface area contributed by atoms with Crippen molar-refractivity contribution in [3.05, 3.63) is 0 Å². The van der Waals surface area contributed by atoms with Gasteiger partial charge in [-0.05, 0) is 19.4 Å². The molecule has 0 radical (unpaired) electrons. The molecular formula is C40H80BrN3O3. The molecule has 0 aliphatic carbocycles. The molecule has 6 nitrogen and oxygen atoms in total. The highest BCUT2D eigenvalue weighted by molar-refractivity contribution is 9.10. The van der Waals surface area contributed by atoms with Gasteiger partial charge in [-0.15, -0.1) is 0 Å². The summed E-state index contributed by atoms with van der Waals surface area (Å²) in [6, 6.07) is 0. The fourth-order valence-electron chi connectivity index (χ4n) is 6.29. The molecule has 0 saturated heterocycles. The molecule has 280 valence electrons. The highest BCUT2D eigenvalue weighted by Crippen LogP contribution is 2.17. The lowest BCUT2D eigenvalue weighted by molar-refractivity contribution is -0.160. The zero-order chi connectivity index (χ0) is 34.5. The molecule has 1 atom stereocenters. The fraction of sp³-hybridized carbons (Fsp3) is 0.950. The first-order chi connectivity index (χ1) is 23.0. The van der Waals surface area contributed by atoms with Crippen LogP contribution in [0.2, 0.25) is 0 Å². The van der Waals surface area contributed by atoms with Crippen molar-refractivity contribution in [3.8, 4) is 0 Å². The van der Waals surface area contributed by atoms with Crippen molar-refractivity contribution < 1.29 is 14.3 Å². The van der Waals surface area contributed by atoms with E-state index in [1.807, 2.05) is 0 Å². The van der Waals surface area contributed by atoms with Crippen molar-refractivity contribution in [2.45, 2.75) is 205 Å². The maximum absolute atomic E-state index is 12.7. The predicted octanol–water partition coefficient (Wildman–Crippen LogP) is 11.0. The summed E-state index contributed by atoms with van der Waals surface area (Å²) in [5, 5.41) is 3.32. The van der Waals surface area contributed by atoms with Crippen LogP contribution in [0, 0.1) is 0 Å². The third-order valence-corrected chi connectivity index (χ3v) is 10.2. The Balaban J connectivity index is 3.98. The number of esters is 2. The molecule has 0 bridgehead atoms. The van der Waals surface area contributed by atoms with Crippen molar-refractivity contribution in [1.82, 2.24) is 10.2 Å². The van der Waals surface area contributed by atoms with Gasteiger partial charge in [-0.3, -0.25) is 14.5 Å². The van der Waals surface area contributed by atoms with Gasteiger partial charge < -0.3 is 15.8 Å². The average Bonchev–Trinajstić information content (AvgIpc) is 3.06. The van der Waals surface area contributed by atoms with Crippen LogP contribution in [0.3, 0.4) is 0 Å². The second-order valence-corrected chi connectivity index (χ2v) is 15.2. The van der Waals surface area contributed by atoms with E-state index in [9.17, 15) is 9.59 Å². The van der Waals surface area contributed by atoms with E-state index in [1.54, 1.807) is 0 Å². The van der Waals surface area contributed by atoms with Crippen molar-refractivity contribution in [3.63, 3.8) is 0 Å². The van der Waals surface area contributed by atoms with Crippen molar-refractivity contribution >= 4 is 27.9 Å². The molecule has 1 unspecified atom stereocenters. The molecule has 3 N–H and O–H groups in total. The summed E-state index contributed by atoms with van der Waals surface area (Å²) >= 11 is 3.47. The highest BCUT2D eigenvalue weighted by Gasteiger charge is 2.21. The molecule has 7 heteroatoms. The predicted molar refractivity (Wildman–Crippen MR) is 207 cm³/mol. The number of carbonyl (C=O) groups excluding carboxylic acids is 2. The first-order valence-electron chi connectivity index (χ1n) is 20.6. The van der Waals surface area contributed by atoms with E-state index in [0.29, 0.717) is 6.54 Å². The van der Waals surface area contributed by atoms with Crippen LogP contribution in [0.4, 0.5) is 0 Å². The molecule has 0 aliphatic heterocycles. The van der Waals surface area contributed by atoms with E-state index >= 15 is 0 Å². The number of hydrogen-bond donors (Lipinski definition) is 2. The quantitative estimate of drug-likeness (QED) is 0.0285. The number of unbranched alkanes of at least 4 members (excludes halogenated alkanes) is 26. The Kier molecular flexibility index (Phi) is 37.9. The number of ether oxygens (including phenoxy) is 1. The Morgan fingerprint density at radius 2 is 0.957 bits per heavy atom. The fourth-order valence-corrected chi connectivity index (χ4v) is 6.71. The van der Waals surface area contributed by atoms with Crippen LogP contribution in [-0.2, 0) is 14.3 Å². The molecule has 0 aliphatic rings. The summed E-state index contributed by atoms with van der Waals surface area (Å²) in [7, 11) is 0. The van der Waals surface area contributed by atoms with Gasteiger partial charge in [-0.1, -0.05) is 203 Å². The van der Waals surface area contributed by atoms with Gasteiger partial charge in [-0.2, -0.15) is 0 Å². The SMILES string of the molecule is CCCCCCCCCCCCCCCCC(Br)C(=O)OC(=O)CN(CCCCCCCCCCCCCCCC)CCNCCN. The number of rotatable bonds is 38. The zero-order valence-corrected chi connectivity index (χ0v) is 33.0. The third kappa shape index (κ3) is 35.1. The van der Waals surface area contributed by atoms with Gasteiger partial charge >= 0.3 is 11.9 Å². The molecule has 0 heterocycles. The molecule has 0 fully saturated rings. The lowest BCUT2D eigenvalue weighted by atomic mass is 10.0. The Hall–Kier alpha value is -0.500. The van der Waals surface area contributed by atoms with E-state index < -0.39 is 16.8 Å². The summed E-state index contributed by atoms with van der Waals surface area (Å²) in [5.74, 6) is -0.882. The average molecular weight is 731 g/mol. The number of carbonyl (C=O) groups is 2. The molecular weight excluding hydrogens is 650 g/mol. The van der Waals surface area contributed by atoms with E-state index in [2.05, 4.69) is 40.0 Å². The van der Waals surface area contributed by atoms with Crippen LogP contribution in [0.15, 0.2) is 0 Å². The topological polar surface area (TPSA) is 84.7 Å². The van der Waals surface area contributed by atoms with Crippen LogP contribution < -0.4 is 11.1 Å². The Morgan fingerprint density at radius 3 is 1.36 bits per heavy atom. The Morgan fingerprint density at radius 1 is 0.574 bits per heavy atom. The maximum atomic E-state index is 12.7. The van der Waals surface area contributed by atoms with Gasteiger partial charge in [0.15, 0.2) is 0 Å². The molecule has 0 amide bonds. The highest BCUT2D eigenvalue weighted by atomic mass is 79.9. The maximum Gasteiger partial charge on any atom is 0.327 e. The normalized spacial score (nSPS) is 12.2. The lowest BCUT2D eigenvalue weighted by Crippen LogP contribution is -2.39. The minimum Gasteiger partial charge on any atom is -0.391 e. The van der Waals surface area contributed by atoms with Crippen LogP contribution in [0.1, 0.15) is 200 Å². The standard InChI is InChI=1S/C40H80BrN3O3/c1-3-5-7-9-11-13-15-17-19-21-23-25-27-29-31-38(41)40(46)47-39(45)37-44(36-34-43-33-32-42)35-30-28-26-24-22-20-18-16-14-12-10-8-6-4-2/h38,43H,3-37,42H2,1-2H3. The minimum atomic E-state index is -0.442. The summed E-state index contributed by atoms with van der Waals surface area (Å²) in [6.07, 6.45) is 37.8. The first kappa shape index (κ1) is 46.5. The van der Waals surface area contributed by atoms with Crippen molar-refractivity contribution in [2.75, 3.05) is 39.3 Å². The molecule has 0 aromatic heterocycles. The summed E-state index contributed by atoms with van der Waals surface area (Å²) < 4.78 is 5.26. The van der Waals surface area contributed by atoms with Crippen LogP contribution in [0.25, 0.3) is 0 Å². The number of alkyl halides is 1. The molecule has 47 heavy (non-hydrogen) atoms. The lowest BCUT2D eigenvalue weighted by Gasteiger charge is -2.21. The number of halogens is 1. The van der Waals surface area contributed by atoms with E-state index in [-0.39, 0.29) is 6.54 Å². The van der Waals surface area contributed by atoms with E-state index in [0.717, 1.165) is 51.9 Å². The first-order valence-corrected chi connectivity index (χ1v) is 21.5. The van der Waals surface area contributed by atoms with Gasteiger partial charge in [0.25, 0.3) is 0 Å². The van der Waals surface area contributed by atoms with Gasteiger partial charge in [0.2, 0.25) is 0 Å².